The molecule has 23 heavy (non-hydrogen) atoms. The van der Waals surface area contributed by atoms with Gasteiger partial charge >= 0.3 is 5.97 Å². The van der Waals surface area contributed by atoms with E-state index in [0.29, 0.717) is 12.2 Å². The fraction of sp³-hybridized carbons (Fsp3) is 0.400. The first kappa shape index (κ1) is 17.2. The smallest absolute Gasteiger partial charge is 0.340 e. The summed E-state index contributed by atoms with van der Waals surface area (Å²) in [6, 6.07) is 11.7. The second kappa shape index (κ2) is 9.78. The third kappa shape index (κ3) is 5.51. The number of hydrogen-bond donors (Lipinski definition) is 0. The summed E-state index contributed by atoms with van der Waals surface area (Å²) in [4.78, 5) is 16.4. The second-order valence-corrected chi connectivity index (χ2v) is 5.69. The van der Waals surface area contributed by atoms with Gasteiger partial charge in [-0.2, -0.15) is 0 Å². The van der Waals surface area contributed by atoms with Crippen LogP contribution in [-0.4, -0.2) is 17.6 Å². The molecule has 0 aliphatic heterocycles. The summed E-state index contributed by atoms with van der Waals surface area (Å²) in [6.07, 6.45) is 10.4. The molecule has 1 aromatic heterocycles. The van der Waals surface area contributed by atoms with Crippen LogP contribution >= 0.6 is 0 Å². The van der Waals surface area contributed by atoms with Crippen molar-refractivity contribution in [3.63, 3.8) is 0 Å². The lowest BCUT2D eigenvalue weighted by atomic mass is 10.0. The molecule has 0 aliphatic carbocycles. The Hall–Kier alpha value is -2.16. The van der Waals surface area contributed by atoms with Crippen LogP contribution in [0.4, 0.5) is 0 Å². The van der Waals surface area contributed by atoms with Crippen molar-refractivity contribution in [1.82, 2.24) is 4.98 Å². The van der Waals surface area contributed by atoms with Gasteiger partial charge in [0.2, 0.25) is 0 Å². The number of rotatable bonds is 9. The number of benzene rings is 1. The van der Waals surface area contributed by atoms with Crippen LogP contribution in [0.15, 0.2) is 48.8 Å². The van der Waals surface area contributed by atoms with E-state index >= 15 is 0 Å². The van der Waals surface area contributed by atoms with Gasteiger partial charge in [0.1, 0.15) is 0 Å². The van der Waals surface area contributed by atoms with Gasteiger partial charge in [0, 0.05) is 12.4 Å². The minimum atomic E-state index is -0.287. The lowest BCUT2D eigenvalue weighted by Crippen LogP contribution is -2.08. The zero-order valence-electron chi connectivity index (χ0n) is 13.8. The standard InChI is InChI=1S/C20H25NO2/c1-2-3-4-5-6-10-15-23-20(22)19-16-21-14-13-18(19)17-11-8-7-9-12-17/h7-9,11-14,16H,2-6,10,15H2,1H3. The number of esters is 1. The number of hydrogen-bond acceptors (Lipinski definition) is 3. The molecule has 0 saturated heterocycles. The van der Waals surface area contributed by atoms with Crippen LogP contribution < -0.4 is 0 Å². The van der Waals surface area contributed by atoms with E-state index in [1.807, 2.05) is 36.4 Å². The number of ether oxygens (including phenoxy) is 1. The lowest BCUT2D eigenvalue weighted by molar-refractivity contribution is 0.0498. The molecule has 0 N–H and O–H groups in total. The Morgan fingerprint density at radius 3 is 2.52 bits per heavy atom. The SMILES string of the molecule is CCCCCCCCOC(=O)c1cnccc1-c1ccccc1. The highest BCUT2D eigenvalue weighted by molar-refractivity contribution is 5.96. The molecule has 3 nitrogen and oxygen atoms in total. The maximum atomic E-state index is 12.3. The monoisotopic (exact) mass is 311 g/mol. The predicted molar refractivity (Wildman–Crippen MR) is 93.3 cm³/mol. The van der Waals surface area contributed by atoms with E-state index in [9.17, 15) is 4.79 Å². The van der Waals surface area contributed by atoms with Gasteiger partial charge in [0.05, 0.1) is 12.2 Å². The molecule has 0 bridgehead atoms. The fourth-order valence-corrected chi connectivity index (χ4v) is 2.55. The quantitative estimate of drug-likeness (QED) is 0.468. The lowest BCUT2D eigenvalue weighted by Gasteiger charge is -2.09. The largest absolute Gasteiger partial charge is 0.462 e. The maximum Gasteiger partial charge on any atom is 0.340 e. The maximum absolute atomic E-state index is 12.3. The third-order valence-electron chi connectivity index (χ3n) is 3.86. The predicted octanol–water partition coefficient (Wildman–Crippen LogP) is 5.27. The number of aromatic nitrogens is 1. The molecule has 0 atom stereocenters. The molecule has 1 aromatic carbocycles. The van der Waals surface area contributed by atoms with E-state index in [-0.39, 0.29) is 5.97 Å². The zero-order chi connectivity index (χ0) is 16.3. The van der Waals surface area contributed by atoms with Crippen molar-refractivity contribution >= 4 is 5.97 Å². The summed E-state index contributed by atoms with van der Waals surface area (Å²) < 4.78 is 5.42. The van der Waals surface area contributed by atoms with Crippen LogP contribution in [0, 0.1) is 0 Å². The third-order valence-corrected chi connectivity index (χ3v) is 3.86. The summed E-state index contributed by atoms with van der Waals surface area (Å²) in [5.41, 5.74) is 2.40. The van der Waals surface area contributed by atoms with Gasteiger partial charge in [-0.15, -0.1) is 0 Å². The van der Waals surface area contributed by atoms with Gasteiger partial charge in [-0.3, -0.25) is 4.98 Å². The Balaban J connectivity index is 1.88. The Bertz CT molecular complexity index is 596. The minimum absolute atomic E-state index is 0.287. The summed E-state index contributed by atoms with van der Waals surface area (Å²) in [5.74, 6) is -0.287. The van der Waals surface area contributed by atoms with Crippen molar-refractivity contribution in [2.45, 2.75) is 45.4 Å². The van der Waals surface area contributed by atoms with Crippen LogP contribution in [-0.2, 0) is 4.74 Å². The summed E-state index contributed by atoms with van der Waals surface area (Å²) in [7, 11) is 0. The molecule has 2 aromatic rings. The van der Waals surface area contributed by atoms with Crippen molar-refractivity contribution in [2.24, 2.45) is 0 Å². The highest BCUT2D eigenvalue weighted by Crippen LogP contribution is 2.23. The highest BCUT2D eigenvalue weighted by atomic mass is 16.5. The molecule has 0 fully saturated rings. The molecule has 0 radical (unpaired) electrons. The van der Waals surface area contributed by atoms with Crippen LogP contribution in [0.1, 0.15) is 55.8 Å². The number of nitrogens with zero attached hydrogens (tertiary/aromatic N) is 1. The minimum Gasteiger partial charge on any atom is -0.462 e. The van der Waals surface area contributed by atoms with Crippen LogP contribution in [0.2, 0.25) is 0 Å². The molecule has 2 rings (SSSR count). The molecule has 0 spiro atoms. The number of carbonyl (C=O) groups is 1. The Kier molecular flexibility index (Phi) is 7.31. The molecule has 122 valence electrons. The molecule has 0 unspecified atom stereocenters. The summed E-state index contributed by atoms with van der Waals surface area (Å²) in [6.45, 7) is 2.69. The van der Waals surface area contributed by atoms with Crippen LogP contribution in [0.25, 0.3) is 11.1 Å². The first-order valence-electron chi connectivity index (χ1n) is 8.49. The average molecular weight is 311 g/mol. The summed E-state index contributed by atoms with van der Waals surface area (Å²) >= 11 is 0. The van der Waals surface area contributed by atoms with Gasteiger partial charge < -0.3 is 4.74 Å². The van der Waals surface area contributed by atoms with E-state index in [1.54, 1.807) is 12.4 Å². The van der Waals surface area contributed by atoms with Gasteiger partial charge in [-0.25, -0.2) is 4.79 Å². The van der Waals surface area contributed by atoms with E-state index in [1.165, 1.54) is 25.7 Å². The van der Waals surface area contributed by atoms with Crippen molar-refractivity contribution in [3.8, 4) is 11.1 Å². The van der Waals surface area contributed by atoms with Crippen molar-refractivity contribution < 1.29 is 9.53 Å². The molecule has 0 amide bonds. The Morgan fingerprint density at radius 1 is 1.00 bits per heavy atom. The van der Waals surface area contributed by atoms with Crippen LogP contribution in [0.5, 0.6) is 0 Å². The Morgan fingerprint density at radius 2 is 1.74 bits per heavy atom. The van der Waals surface area contributed by atoms with Gasteiger partial charge in [0.25, 0.3) is 0 Å². The highest BCUT2D eigenvalue weighted by Gasteiger charge is 2.14. The van der Waals surface area contributed by atoms with E-state index in [4.69, 9.17) is 4.74 Å². The topological polar surface area (TPSA) is 39.2 Å². The van der Waals surface area contributed by atoms with Gasteiger partial charge in [-0.1, -0.05) is 69.4 Å². The number of unbranched alkanes of at least 4 members (excludes halogenated alkanes) is 5. The molecule has 0 aliphatic rings. The average Bonchev–Trinajstić information content (AvgIpc) is 2.61. The van der Waals surface area contributed by atoms with Crippen LogP contribution in [0.3, 0.4) is 0 Å². The fourth-order valence-electron chi connectivity index (χ4n) is 2.55. The van der Waals surface area contributed by atoms with E-state index in [0.717, 1.165) is 24.0 Å². The van der Waals surface area contributed by atoms with Crippen molar-refractivity contribution in [3.05, 3.63) is 54.4 Å². The normalized spacial score (nSPS) is 10.5. The van der Waals surface area contributed by atoms with Crippen molar-refractivity contribution in [1.29, 1.82) is 0 Å². The zero-order valence-corrected chi connectivity index (χ0v) is 13.8. The van der Waals surface area contributed by atoms with Gasteiger partial charge in [-0.05, 0) is 23.6 Å². The molecule has 0 saturated carbocycles. The van der Waals surface area contributed by atoms with E-state index < -0.39 is 0 Å². The Labute approximate surface area is 138 Å². The van der Waals surface area contributed by atoms with E-state index in [2.05, 4.69) is 11.9 Å². The second-order valence-electron chi connectivity index (χ2n) is 5.69. The first-order valence-corrected chi connectivity index (χ1v) is 8.49. The van der Waals surface area contributed by atoms with Gasteiger partial charge in [0.15, 0.2) is 0 Å². The number of pyridine rings is 1. The van der Waals surface area contributed by atoms with Crippen molar-refractivity contribution in [2.75, 3.05) is 6.61 Å². The summed E-state index contributed by atoms with van der Waals surface area (Å²) in [5, 5.41) is 0. The molecule has 3 heteroatoms. The number of carbonyl (C=O) groups excluding carboxylic acids is 1. The molecule has 1 heterocycles. The molecular formula is C20H25NO2. The molecular weight excluding hydrogens is 286 g/mol. The first-order chi connectivity index (χ1) is 11.3.